The molecule has 3 aromatic rings. The lowest BCUT2D eigenvalue weighted by atomic mass is 10.0. The normalized spacial score (nSPS) is 10.5. The summed E-state index contributed by atoms with van der Waals surface area (Å²) in [7, 11) is 1.68. The van der Waals surface area contributed by atoms with Crippen molar-refractivity contribution >= 4 is 16.5 Å². The Balaban J connectivity index is 1.85. The van der Waals surface area contributed by atoms with E-state index in [4.69, 9.17) is 4.74 Å². The van der Waals surface area contributed by atoms with E-state index in [0.717, 1.165) is 18.0 Å². The number of phenolic OH excluding ortho intramolecular Hbond substituents is 1. The average Bonchev–Trinajstić information content (AvgIpc) is 2.53. The number of nitrogens with one attached hydrogen (secondary N) is 1. The second kappa shape index (κ2) is 5.75. The van der Waals surface area contributed by atoms with Crippen LogP contribution in [0, 0.1) is 0 Å². The highest BCUT2D eigenvalue weighted by molar-refractivity contribution is 5.87. The number of anilines is 1. The third-order valence-electron chi connectivity index (χ3n) is 3.53. The lowest BCUT2D eigenvalue weighted by Gasteiger charge is -2.10. The Hall–Kier alpha value is -2.68. The Kier molecular flexibility index (Phi) is 3.65. The molecule has 0 aliphatic carbocycles. The predicted molar refractivity (Wildman–Crippen MR) is 85.9 cm³/mol. The van der Waals surface area contributed by atoms with Gasteiger partial charge in [-0.1, -0.05) is 24.3 Å². The highest BCUT2D eigenvalue weighted by Crippen LogP contribution is 2.24. The van der Waals surface area contributed by atoms with E-state index >= 15 is 0 Å². The number of ether oxygens (including phenoxy) is 1. The van der Waals surface area contributed by atoms with Gasteiger partial charge in [0.25, 0.3) is 0 Å². The van der Waals surface area contributed by atoms with Crippen molar-refractivity contribution in [2.24, 2.45) is 0 Å². The van der Waals surface area contributed by atoms with Crippen LogP contribution >= 0.6 is 0 Å². The maximum absolute atomic E-state index is 9.29. The molecule has 0 unspecified atom stereocenters. The van der Waals surface area contributed by atoms with Crippen molar-refractivity contribution in [2.75, 3.05) is 12.4 Å². The summed E-state index contributed by atoms with van der Waals surface area (Å²) in [6, 6.07) is 19.4. The molecule has 3 heteroatoms. The van der Waals surface area contributed by atoms with Gasteiger partial charge >= 0.3 is 0 Å². The second-order valence-electron chi connectivity index (χ2n) is 4.90. The Bertz CT molecular complexity index is 751. The Labute approximate surface area is 123 Å². The fraction of sp³-hybridized carbons (Fsp3) is 0.111. The van der Waals surface area contributed by atoms with Crippen LogP contribution in [0.15, 0.2) is 60.7 Å². The number of aromatic hydroxyl groups is 1. The highest BCUT2D eigenvalue weighted by atomic mass is 16.5. The molecule has 21 heavy (non-hydrogen) atoms. The molecule has 0 saturated heterocycles. The molecular formula is C18H17NO2. The van der Waals surface area contributed by atoms with Crippen LogP contribution in [0.4, 0.5) is 5.69 Å². The van der Waals surface area contributed by atoms with Gasteiger partial charge in [0.05, 0.1) is 7.11 Å². The zero-order valence-corrected chi connectivity index (χ0v) is 11.8. The minimum absolute atomic E-state index is 0.276. The van der Waals surface area contributed by atoms with E-state index in [1.54, 1.807) is 19.2 Å². The molecule has 0 bridgehead atoms. The van der Waals surface area contributed by atoms with Gasteiger partial charge in [0, 0.05) is 12.2 Å². The van der Waals surface area contributed by atoms with Gasteiger partial charge in [-0.05, 0) is 52.7 Å². The van der Waals surface area contributed by atoms with Crippen molar-refractivity contribution in [3.63, 3.8) is 0 Å². The van der Waals surface area contributed by atoms with Gasteiger partial charge in [-0.3, -0.25) is 0 Å². The fourth-order valence-electron chi connectivity index (χ4n) is 2.39. The van der Waals surface area contributed by atoms with Crippen molar-refractivity contribution in [3.8, 4) is 11.5 Å². The molecule has 0 spiro atoms. The zero-order valence-electron chi connectivity index (χ0n) is 11.8. The van der Waals surface area contributed by atoms with Crippen LogP contribution in [0.1, 0.15) is 5.56 Å². The molecule has 3 rings (SSSR count). The SMILES string of the molecule is COc1ccc2c(CNc3ccc(O)cc3)cccc2c1. The molecule has 0 aliphatic heterocycles. The molecule has 0 aliphatic rings. The third kappa shape index (κ3) is 2.92. The summed E-state index contributed by atoms with van der Waals surface area (Å²) in [5.41, 5.74) is 2.21. The summed E-state index contributed by atoms with van der Waals surface area (Å²) in [4.78, 5) is 0. The number of hydrogen-bond donors (Lipinski definition) is 2. The Morgan fingerprint density at radius 2 is 1.81 bits per heavy atom. The smallest absolute Gasteiger partial charge is 0.119 e. The molecule has 106 valence electrons. The fourth-order valence-corrected chi connectivity index (χ4v) is 2.39. The van der Waals surface area contributed by atoms with Crippen LogP contribution in [0.2, 0.25) is 0 Å². The first-order chi connectivity index (χ1) is 10.3. The highest BCUT2D eigenvalue weighted by Gasteiger charge is 2.02. The van der Waals surface area contributed by atoms with E-state index in [0.29, 0.717) is 0 Å². The zero-order chi connectivity index (χ0) is 14.7. The van der Waals surface area contributed by atoms with Crippen LogP contribution in [-0.4, -0.2) is 12.2 Å². The number of benzene rings is 3. The average molecular weight is 279 g/mol. The molecule has 0 heterocycles. The number of rotatable bonds is 4. The number of methoxy groups -OCH3 is 1. The first-order valence-electron chi connectivity index (χ1n) is 6.85. The van der Waals surface area contributed by atoms with Crippen molar-refractivity contribution < 1.29 is 9.84 Å². The van der Waals surface area contributed by atoms with Crippen LogP contribution < -0.4 is 10.1 Å². The van der Waals surface area contributed by atoms with Crippen molar-refractivity contribution in [2.45, 2.75) is 6.54 Å². The van der Waals surface area contributed by atoms with Crippen LogP contribution in [0.3, 0.4) is 0 Å². The van der Waals surface area contributed by atoms with E-state index in [9.17, 15) is 5.11 Å². The predicted octanol–water partition coefficient (Wildman–Crippen LogP) is 4.17. The summed E-state index contributed by atoms with van der Waals surface area (Å²) >= 11 is 0. The Morgan fingerprint density at radius 1 is 1.00 bits per heavy atom. The molecule has 0 amide bonds. The summed E-state index contributed by atoms with van der Waals surface area (Å²) in [5.74, 6) is 1.14. The molecular weight excluding hydrogens is 262 g/mol. The van der Waals surface area contributed by atoms with Crippen LogP contribution in [0.5, 0.6) is 11.5 Å². The molecule has 0 saturated carbocycles. The minimum Gasteiger partial charge on any atom is -0.508 e. The van der Waals surface area contributed by atoms with Gasteiger partial charge in [0.1, 0.15) is 11.5 Å². The van der Waals surface area contributed by atoms with Crippen molar-refractivity contribution in [1.29, 1.82) is 0 Å². The maximum atomic E-state index is 9.29. The van der Waals surface area contributed by atoms with E-state index in [-0.39, 0.29) is 5.75 Å². The number of phenols is 1. The summed E-state index contributed by atoms with van der Waals surface area (Å²) in [6.45, 7) is 0.731. The van der Waals surface area contributed by atoms with E-state index in [1.165, 1.54) is 16.3 Å². The topological polar surface area (TPSA) is 41.5 Å². The third-order valence-corrected chi connectivity index (χ3v) is 3.53. The quantitative estimate of drug-likeness (QED) is 0.704. The standard InChI is InChI=1S/C18H17NO2/c1-21-17-9-10-18-13(11-17)3-2-4-14(18)12-19-15-5-7-16(20)8-6-15/h2-11,19-20H,12H2,1H3. The summed E-state index contributed by atoms with van der Waals surface area (Å²) in [6.07, 6.45) is 0. The lowest BCUT2D eigenvalue weighted by Crippen LogP contribution is -1.99. The van der Waals surface area contributed by atoms with Crippen LogP contribution in [-0.2, 0) is 6.54 Å². The maximum Gasteiger partial charge on any atom is 0.119 e. The van der Waals surface area contributed by atoms with Gasteiger partial charge in [0.15, 0.2) is 0 Å². The van der Waals surface area contributed by atoms with Gasteiger partial charge in [-0.15, -0.1) is 0 Å². The van der Waals surface area contributed by atoms with Crippen molar-refractivity contribution in [1.82, 2.24) is 0 Å². The molecule has 0 aromatic heterocycles. The van der Waals surface area contributed by atoms with Gasteiger partial charge in [-0.2, -0.15) is 0 Å². The largest absolute Gasteiger partial charge is 0.508 e. The Morgan fingerprint density at radius 3 is 2.57 bits per heavy atom. The van der Waals surface area contributed by atoms with E-state index in [2.05, 4.69) is 29.6 Å². The van der Waals surface area contributed by atoms with Crippen LogP contribution in [0.25, 0.3) is 10.8 Å². The molecule has 2 N–H and O–H groups in total. The van der Waals surface area contributed by atoms with E-state index < -0.39 is 0 Å². The minimum atomic E-state index is 0.276. The summed E-state index contributed by atoms with van der Waals surface area (Å²) < 4.78 is 5.26. The molecule has 3 aromatic carbocycles. The van der Waals surface area contributed by atoms with Gasteiger partial charge in [0.2, 0.25) is 0 Å². The molecule has 0 radical (unpaired) electrons. The molecule has 0 atom stereocenters. The second-order valence-corrected chi connectivity index (χ2v) is 4.90. The lowest BCUT2D eigenvalue weighted by molar-refractivity contribution is 0.415. The monoisotopic (exact) mass is 279 g/mol. The summed E-state index contributed by atoms with van der Waals surface area (Å²) in [5, 5.41) is 15.0. The van der Waals surface area contributed by atoms with Gasteiger partial charge < -0.3 is 15.2 Å². The van der Waals surface area contributed by atoms with Crippen molar-refractivity contribution in [3.05, 3.63) is 66.2 Å². The number of hydrogen-bond acceptors (Lipinski definition) is 3. The van der Waals surface area contributed by atoms with Gasteiger partial charge in [-0.25, -0.2) is 0 Å². The first-order valence-corrected chi connectivity index (χ1v) is 6.85. The number of fused-ring (bicyclic) bond motifs is 1. The molecule has 0 fully saturated rings. The van der Waals surface area contributed by atoms with E-state index in [1.807, 2.05) is 24.3 Å². The molecule has 3 nitrogen and oxygen atoms in total. The first kappa shape index (κ1) is 13.3.